The number of ether oxygens (including phenoxy) is 2. The fraction of sp³-hybridized carbons (Fsp3) is 0.333. The van der Waals surface area contributed by atoms with E-state index < -0.39 is 12.5 Å². The van der Waals surface area contributed by atoms with Crippen molar-refractivity contribution in [2.45, 2.75) is 12.8 Å². The number of benzene rings is 2. The Bertz CT molecular complexity index is 1420. The average Bonchev–Trinajstić information content (AvgIpc) is 3.37. The van der Waals surface area contributed by atoms with Gasteiger partial charge in [-0.15, -0.1) is 11.3 Å². The highest BCUT2D eigenvalue weighted by atomic mass is 32.1. The Kier molecular flexibility index (Phi) is 10.5. The molecule has 10 nitrogen and oxygen atoms in total. The zero-order valence-corrected chi connectivity index (χ0v) is 22.7. The van der Waals surface area contributed by atoms with E-state index in [1.54, 1.807) is 24.4 Å². The molecule has 4 rings (SSSR count). The maximum Gasteiger partial charge on any atom is 0.229 e. The summed E-state index contributed by atoms with van der Waals surface area (Å²) in [5.41, 5.74) is 1.01. The van der Waals surface area contributed by atoms with Gasteiger partial charge in [-0.1, -0.05) is 6.07 Å². The number of alkyl halides is 1. The van der Waals surface area contributed by atoms with E-state index in [1.807, 2.05) is 4.90 Å². The second-order valence-electron chi connectivity index (χ2n) is 8.69. The van der Waals surface area contributed by atoms with Crippen LogP contribution in [0.4, 0.5) is 25.4 Å². The lowest BCUT2D eigenvalue weighted by Gasteiger charge is -2.19. The van der Waals surface area contributed by atoms with Crippen molar-refractivity contribution in [3.8, 4) is 11.5 Å². The average molecular weight is 573 g/mol. The largest absolute Gasteiger partial charge is 0.493 e. The summed E-state index contributed by atoms with van der Waals surface area (Å²) in [5.74, 6) is 0.806. The topological polar surface area (TPSA) is 122 Å². The molecule has 0 aliphatic carbocycles. The summed E-state index contributed by atoms with van der Waals surface area (Å²) in [6, 6.07) is 9.25. The van der Waals surface area contributed by atoms with Gasteiger partial charge in [0.15, 0.2) is 16.6 Å². The van der Waals surface area contributed by atoms with Gasteiger partial charge in [0.25, 0.3) is 0 Å². The van der Waals surface area contributed by atoms with Crippen molar-refractivity contribution < 1.29 is 28.2 Å². The summed E-state index contributed by atoms with van der Waals surface area (Å²) in [6.45, 7) is 1.17. The number of fused-ring (bicyclic) bond motifs is 1. The van der Waals surface area contributed by atoms with Crippen LogP contribution >= 0.6 is 11.3 Å². The van der Waals surface area contributed by atoms with Crippen molar-refractivity contribution >= 4 is 44.8 Å². The molecule has 2 heterocycles. The number of methoxy groups -OCH3 is 1. The maximum absolute atomic E-state index is 13.4. The smallest absolute Gasteiger partial charge is 0.229 e. The number of halogens is 2. The van der Waals surface area contributed by atoms with E-state index in [0.29, 0.717) is 70.0 Å². The maximum atomic E-state index is 13.4. The molecule has 40 heavy (non-hydrogen) atoms. The number of hydrogen-bond acceptors (Lipinski definition) is 10. The second kappa shape index (κ2) is 14.4. The monoisotopic (exact) mass is 572 g/mol. The summed E-state index contributed by atoms with van der Waals surface area (Å²) < 4.78 is 37.5. The number of hydrogen-bond donors (Lipinski definition) is 3. The number of aliphatic hydroxyl groups excluding tert-OH is 1. The summed E-state index contributed by atoms with van der Waals surface area (Å²) in [4.78, 5) is 28.0. The number of carbonyl (C=O) groups excluding carboxylic acids is 1. The zero-order chi connectivity index (χ0) is 28.3. The molecule has 4 aromatic rings. The number of amides is 1. The molecular weight excluding hydrogens is 542 g/mol. The second-order valence-corrected chi connectivity index (χ2v) is 9.81. The molecule has 0 atom stereocenters. The molecule has 1 amide bonds. The Balaban J connectivity index is 1.40. The Morgan fingerprint density at radius 1 is 1.12 bits per heavy atom. The lowest BCUT2D eigenvalue weighted by atomic mass is 10.2. The molecule has 212 valence electrons. The molecule has 3 N–H and O–H groups in total. The molecule has 0 radical (unpaired) electrons. The van der Waals surface area contributed by atoms with Crippen LogP contribution in [0.25, 0.3) is 10.9 Å². The van der Waals surface area contributed by atoms with Crippen LogP contribution in [0.3, 0.4) is 0 Å². The number of thiazole rings is 1. The highest BCUT2D eigenvalue weighted by molar-refractivity contribution is 7.15. The van der Waals surface area contributed by atoms with Gasteiger partial charge in [-0.3, -0.25) is 9.69 Å². The van der Waals surface area contributed by atoms with Gasteiger partial charge in [-0.25, -0.2) is 23.7 Å². The molecule has 0 unspecified atom stereocenters. The number of aromatic nitrogens is 3. The highest BCUT2D eigenvalue weighted by Crippen LogP contribution is 2.35. The van der Waals surface area contributed by atoms with Crippen molar-refractivity contribution in [2.24, 2.45) is 0 Å². The van der Waals surface area contributed by atoms with Gasteiger partial charge in [-0.2, -0.15) is 0 Å². The fourth-order valence-corrected chi connectivity index (χ4v) is 4.79. The van der Waals surface area contributed by atoms with Crippen molar-refractivity contribution in [3.05, 3.63) is 59.6 Å². The van der Waals surface area contributed by atoms with E-state index >= 15 is 0 Å². The van der Waals surface area contributed by atoms with Gasteiger partial charge in [0.2, 0.25) is 5.91 Å². The number of anilines is 3. The Hall–Kier alpha value is -3.94. The summed E-state index contributed by atoms with van der Waals surface area (Å²) >= 11 is 1.30. The fourth-order valence-electron chi connectivity index (χ4n) is 3.98. The molecule has 0 saturated carbocycles. The minimum atomic E-state index is -0.469. The van der Waals surface area contributed by atoms with Crippen LogP contribution in [0.15, 0.2) is 48.9 Å². The van der Waals surface area contributed by atoms with Gasteiger partial charge in [-0.05, 0) is 30.7 Å². The standard InChI is InChI=1S/C27H30F2N6O4S/c1-38-23-14-21-22(15-24(23)39-11-3-7-35(8-6-28)9-10-36)31-17-32-26(21)34-27-30-16-20(40-27)13-25(37)33-19-5-2-4-18(29)12-19/h2,4-5,12,14-17,36H,3,6-11,13H2,1H3,(H,33,37)(H,30,31,32,34). The van der Waals surface area contributed by atoms with Crippen molar-refractivity contribution in [1.82, 2.24) is 19.9 Å². The number of nitrogens with zero attached hydrogens (tertiary/aromatic N) is 4. The van der Waals surface area contributed by atoms with Gasteiger partial charge in [0.05, 0.1) is 32.3 Å². The number of aliphatic hydroxyl groups is 1. The first-order valence-electron chi connectivity index (χ1n) is 12.6. The van der Waals surface area contributed by atoms with Crippen molar-refractivity contribution in [2.75, 3.05) is 57.3 Å². The van der Waals surface area contributed by atoms with Gasteiger partial charge in [0, 0.05) is 47.8 Å². The number of rotatable bonds is 15. The summed E-state index contributed by atoms with van der Waals surface area (Å²) in [7, 11) is 1.54. The zero-order valence-electron chi connectivity index (χ0n) is 21.9. The van der Waals surface area contributed by atoms with E-state index in [0.717, 1.165) is 0 Å². The van der Waals surface area contributed by atoms with Crippen LogP contribution in [0.2, 0.25) is 0 Å². The minimum Gasteiger partial charge on any atom is -0.493 e. The van der Waals surface area contributed by atoms with Crippen LogP contribution in [0.5, 0.6) is 11.5 Å². The third kappa shape index (κ3) is 8.04. The SMILES string of the molecule is COc1cc2c(Nc3ncc(CC(=O)Nc4cccc(F)c4)s3)ncnc2cc1OCCCN(CCO)CCF. The first-order chi connectivity index (χ1) is 19.5. The van der Waals surface area contributed by atoms with Crippen LogP contribution in [0.1, 0.15) is 11.3 Å². The Labute approximate surface area is 234 Å². The molecule has 0 fully saturated rings. The summed E-state index contributed by atoms with van der Waals surface area (Å²) in [5, 5.41) is 16.2. The van der Waals surface area contributed by atoms with E-state index in [1.165, 1.54) is 43.0 Å². The third-order valence-corrected chi connectivity index (χ3v) is 6.75. The predicted molar refractivity (Wildman–Crippen MR) is 150 cm³/mol. The highest BCUT2D eigenvalue weighted by Gasteiger charge is 2.14. The predicted octanol–water partition coefficient (Wildman–Crippen LogP) is 4.19. The van der Waals surface area contributed by atoms with E-state index in [2.05, 4.69) is 25.6 Å². The van der Waals surface area contributed by atoms with E-state index in [-0.39, 0.29) is 25.5 Å². The Morgan fingerprint density at radius 3 is 2.77 bits per heavy atom. The van der Waals surface area contributed by atoms with Crippen LogP contribution in [-0.2, 0) is 11.2 Å². The quantitative estimate of drug-likeness (QED) is 0.180. The first kappa shape index (κ1) is 29.1. The Morgan fingerprint density at radius 2 is 2.00 bits per heavy atom. The molecular formula is C27H30F2N6O4S. The molecule has 0 aliphatic heterocycles. The molecule has 0 spiro atoms. The first-order valence-corrected chi connectivity index (χ1v) is 13.4. The third-order valence-electron chi connectivity index (χ3n) is 5.84. The lowest BCUT2D eigenvalue weighted by molar-refractivity contribution is -0.115. The van der Waals surface area contributed by atoms with Gasteiger partial charge < -0.3 is 25.2 Å². The van der Waals surface area contributed by atoms with Gasteiger partial charge >= 0.3 is 0 Å². The number of nitrogens with one attached hydrogen (secondary N) is 2. The van der Waals surface area contributed by atoms with Crippen molar-refractivity contribution in [3.63, 3.8) is 0 Å². The lowest BCUT2D eigenvalue weighted by Crippen LogP contribution is -2.30. The molecule has 0 bridgehead atoms. The summed E-state index contributed by atoms with van der Waals surface area (Å²) in [6.07, 6.45) is 3.75. The van der Waals surface area contributed by atoms with E-state index in [9.17, 15) is 13.6 Å². The van der Waals surface area contributed by atoms with E-state index in [4.69, 9.17) is 14.6 Å². The molecule has 0 aliphatic rings. The molecule has 2 aromatic heterocycles. The van der Waals surface area contributed by atoms with Crippen LogP contribution < -0.4 is 20.1 Å². The molecule has 0 saturated heterocycles. The number of carbonyl (C=O) groups is 1. The molecule has 13 heteroatoms. The van der Waals surface area contributed by atoms with Gasteiger partial charge in [0.1, 0.15) is 24.6 Å². The molecule has 2 aromatic carbocycles. The van der Waals surface area contributed by atoms with Crippen LogP contribution in [0, 0.1) is 5.82 Å². The minimum absolute atomic E-state index is 0.0242. The normalized spacial score (nSPS) is 11.1. The van der Waals surface area contributed by atoms with Crippen LogP contribution in [-0.4, -0.2) is 77.5 Å². The van der Waals surface area contributed by atoms with Crippen molar-refractivity contribution in [1.29, 1.82) is 0 Å².